The lowest BCUT2D eigenvalue weighted by atomic mass is 10.1. The average molecular weight is 520 g/mol. The van der Waals surface area contributed by atoms with Gasteiger partial charge in [0, 0.05) is 62.9 Å². The van der Waals surface area contributed by atoms with E-state index in [4.69, 9.17) is 4.74 Å². The summed E-state index contributed by atoms with van der Waals surface area (Å²) in [4.78, 5) is 39.7. The van der Waals surface area contributed by atoms with Crippen LogP contribution in [-0.4, -0.2) is 70.1 Å². The first-order chi connectivity index (χ1) is 18.0. The molecule has 1 aliphatic heterocycles. The second-order valence-corrected chi connectivity index (χ2v) is 10.6. The first-order valence-electron chi connectivity index (χ1n) is 12.7. The zero-order chi connectivity index (χ0) is 27.4. The van der Waals surface area contributed by atoms with Crippen LogP contribution in [0, 0.1) is 5.82 Å². The van der Waals surface area contributed by atoms with Gasteiger partial charge in [0.1, 0.15) is 11.4 Å². The number of nitrogens with zero attached hydrogens (tertiary/aromatic N) is 5. The molecule has 0 radical (unpaired) electrons. The van der Waals surface area contributed by atoms with Crippen LogP contribution < -0.4 is 4.90 Å². The fourth-order valence-corrected chi connectivity index (χ4v) is 4.35. The monoisotopic (exact) mass is 519 g/mol. The van der Waals surface area contributed by atoms with Gasteiger partial charge in [-0.05, 0) is 69.7 Å². The van der Waals surface area contributed by atoms with Crippen LogP contribution in [0.25, 0.3) is 11.4 Å². The number of anilines is 1. The van der Waals surface area contributed by atoms with Crippen LogP contribution in [0.5, 0.6) is 0 Å². The molecule has 0 saturated carbocycles. The molecule has 200 valence electrons. The molecule has 0 spiro atoms. The third-order valence-corrected chi connectivity index (χ3v) is 6.38. The molecule has 3 aromatic rings. The van der Waals surface area contributed by atoms with Gasteiger partial charge in [0.25, 0.3) is 5.91 Å². The van der Waals surface area contributed by atoms with Crippen molar-refractivity contribution in [2.75, 3.05) is 31.6 Å². The zero-order valence-electron chi connectivity index (χ0n) is 22.5. The molecule has 2 heterocycles. The molecule has 0 unspecified atom stereocenters. The minimum atomic E-state index is -0.509. The van der Waals surface area contributed by atoms with Gasteiger partial charge in [0.2, 0.25) is 0 Å². The number of hydrogen-bond acceptors (Lipinski definition) is 6. The van der Waals surface area contributed by atoms with Gasteiger partial charge in [-0.25, -0.2) is 19.2 Å². The minimum absolute atomic E-state index is 0.0540. The topological polar surface area (TPSA) is 78.9 Å². The molecule has 1 aromatic heterocycles. The molecular formula is C29H34FN5O3. The van der Waals surface area contributed by atoms with Crippen LogP contribution in [0.2, 0.25) is 0 Å². The Bertz CT molecular complexity index is 1260. The number of amides is 2. The summed E-state index contributed by atoms with van der Waals surface area (Å²) >= 11 is 0. The van der Waals surface area contributed by atoms with E-state index >= 15 is 0 Å². The lowest BCUT2D eigenvalue weighted by Gasteiger charge is -2.40. The predicted molar refractivity (Wildman–Crippen MR) is 144 cm³/mol. The van der Waals surface area contributed by atoms with E-state index in [1.54, 1.807) is 29.0 Å². The highest BCUT2D eigenvalue weighted by Gasteiger charge is 2.30. The standard InChI is InChI=1S/C29H34FN5O3/c1-20-18-34(14-15-35(20)28(37)38-29(2,3)4)19-21-6-12-25(13-7-21)33(5)27(36)23-16-31-26(32-17-23)22-8-10-24(30)11-9-22/h6-13,16-17,20H,14-15,18-19H2,1-5H3/t20-/m0/s1. The van der Waals surface area contributed by atoms with Crippen LogP contribution in [-0.2, 0) is 11.3 Å². The van der Waals surface area contributed by atoms with Crippen molar-refractivity contribution < 1.29 is 18.7 Å². The molecule has 8 nitrogen and oxygen atoms in total. The van der Waals surface area contributed by atoms with E-state index in [9.17, 15) is 14.0 Å². The second kappa shape index (κ2) is 11.3. The Kier molecular flexibility index (Phi) is 8.06. The molecule has 1 atom stereocenters. The molecule has 4 rings (SSSR count). The van der Waals surface area contributed by atoms with Crippen LogP contribution in [0.4, 0.5) is 14.9 Å². The van der Waals surface area contributed by atoms with Crippen LogP contribution >= 0.6 is 0 Å². The normalized spacial score (nSPS) is 16.3. The largest absolute Gasteiger partial charge is 0.444 e. The molecular weight excluding hydrogens is 485 g/mol. The lowest BCUT2D eigenvalue weighted by Crippen LogP contribution is -2.54. The Morgan fingerprint density at radius 2 is 1.66 bits per heavy atom. The van der Waals surface area contributed by atoms with Crippen LogP contribution in [0.1, 0.15) is 43.6 Å². The van der Waals surface area contributed by atoms with Gasteiger partial charge >= 0.3 is 6.09 Å². The summed E-state index contributed by atoms with van der Waals surface area (Å²) in [6, 6.07) is 13.8. The molecule has 1 fully saturated rings. The SMILES string of the molecule is C[C@H]1CN(Cc2ccc(N(C)C(=O)c3cnc(-c4ccc(F)cc4)nc3)cc2)CCN1C(=O)OC(C)(C)C. The van der Waals surface area contributed by atoms with Crippen molar-refractivity contribution in [2.24, 2.45) is 0 Å². The first-order valence-corrected chi connectivity index (χ1v) is 12.7. The number of aromatic nitrogens is 2. The molecule has 0 bridgehead atoms. The highest BCUT2D eigenvalue weighted by Crippen LogP contribution is 2.21. The number of benzene rings is 2. The molecule has 0 N–H and O–H groups in total. The Balaban J connectivity index is 1.33. The van der Waals surface area contributed by atoms with E-state index in [1.165, 1.54) is 24.5 Å². The van der Waals surface area contributed by atoms with Gasteiger partial charge in [-0.1, -0.05) is 12.1 Å². The summed E-state index contributed by atoms with van der Waals surface area (Å²) in [5.41, 5.74) is 2.41. The second-order valence-electron chi connectivity index (χ2n) is 10.6. The fourth-order valence-electron chi connectivity index (χ4n) is 4.35. The van der Waals surface area contributed by atoms with E-state index in [1.807, 2.05) is 52.0 Å². The predicted octanol–water partition coefficient (Wildman–Crippen LogP) is 5.00. The smallest absolute Gasteiger partial charge is 0.410 e. The van der Waals surface area contributed by atoms with Crippen LogP contribution in [0.15, 0.2) is 60.9 Å². The number of piperazine rings is 1. The van der Waals surface area contributed by atoms with E-state index in [0.29, 0.717) is 23.5 Å². The Hall–Kier alpha value is -3.85. The highest BCUT2D eigenvalue weighted by molar-refractivity contribution is 6.05. The molecule has 1 aliphatic rings. The number of carbonyl (C=O) groups is 2. The Labute approximate surface area is 223 Å². The van der Waals surface area contributed by atoms with E-state index < -0.39 is 5.60 Å². The maximum Gasteiger partial charge on any atom is 0.410 e. The minimum Gasteiger partial charge on any atom is -0.444 e. The molecule has 38 heavy (non-hydrogen) atoms. The lowest BCUT2D eigenvalue weighted by molar-refractivity contribution is 0.000551. The maximum atomic E-state index is 13.2. The summed E-state index contributed by atoms with van der Waals surface area (Å²) in [5.74, 6) is -0.131. The third-order valence-electron chi connectivity index (χ3n) is 6.38. The molecule has 9 heteroatoms. The van der Waals surface area contributed by atoms with Crippen LogP contribution in [0.3, 0.4) is 0 Å². The molecule has 1 saturated heterocycles. The van der Waals surface area contributed by atoms with Gasteiger partial charge in [-0.2, -0.15) is 0 Å². The van der Waals surface area contributed by atoms with Crippen molar-refractivity contribution >= 4 is 17.7 Å². The van der Waals surface area contributed by atoms with E-state index in [2.05, 4.69) is 14.9 Å². The molecule has 2 aromatic carbocycles. The van der Waals surface area contributed by atoms with Gasteiger partial charge in [0.15, 0.2) is 5.82 Å². The zero-order valence-corrected chi connectivity index (χ0v) is 22.5. The summed E-state index contributed by atoms with van der Waals surface area (Å²) in [7, 11) is 1.71. The average Bonchev–Trinajstić information content (AvgIpc) is 2.88. The Morgan fingerprint density at radius 1 is 1.03 bits per heavy atom. The summed E-state index contributed by atoms with van der Waals surface area (Å²) < 4.78 is 18.7. The van der Waals surface area contributed by atoms with Crippen molar-refractivity contribution in [3.8, 4) is 11.4 Å². The van der Waals surface area contributed by atoms with Crippen molar-refractivity contribution in [2.45, 2.75) is 45.9 Å². The molecule has 2 amide bonds. The summed E-state index contributed by atoms with van der Waals surface area (Å²) in [6.07, 6.45) is 2.70. The molecule has 0 aliphatic carbocycles. The van der Waals surface area contributed by atoms with E-state index in [0.717, 1.165) is 30.9 Å². The van der Waals surface area contributed by atoms with E-state index in [-0.39, 0.29) is 23.9 Å². The summed E-state index contributed by atoms with van der Waals surface area (Å²) in [6.45, 7) is 10.6. The number of rotatable bonds is 5. The Morgan fingerprint density at radius 3 is 2.24 bits per heavy atom. The fraction of sp³-hybridized carbons (Fsp3) is 0.379. The van der Waals surface area contributed by atoms with Crippen molar-refractivity contribution in [1.29, 1.82) is 0 Å². The van der Waals surface area contributed by atoms with Gasteiger partial charge in [-0.15, -0.1) is 0 Å². The number of halogens is 1. The van der Waals surface area contributed by atoms with Gasteiger partial charge < -0.3 is 14.5 Å². The highest BCUT2D eigenvalue weighted by atomic mass is 19.1. The van der Waals surface area contributed by atoms with Crippen molar-refractivity contribution in [3.63, 3.8) is 0 Å². The summed E-state index contributed by atoms with van der Waals surface area (Å²) in [5, 5.41) is 0. The third kappa shape index (κ3) is 6.72. The van der Waals surface area contributed by atoms with Gasteiger partial charge in [-0.3, -0.25) is 9.69 Å². The number of ether oxygens (including phenoxy) is 1. The van der Waals surface area contributed by atoms with Gasteiger partial charge in [0.05, 0.1) is 5.56 Å². The van der Waals surface area contributed by atoms with Crippen molar-refractivity contribution in [1.82, 2.24) is 19.8 Å². The quantitative estimate of drug-likeness (QED) is 0.472. The number of carbonyl (C=O) groups excluding carboxylic acids is 2. The number of hydrogen-bond donors (Lipinski definition) is 0. The first kappa shape index (κ1) is 27.2. The van der Waals surface area contributed by atoms with Crippen molar-refractivity contribution in [3.05, 3.63) is 77.9 Å². The maximum absolute atomic E-state index is 13.2.